The lowest BCUT2D eigenvalue weighted by Gasteiger charge is -2.62. The lowest BCUT2D eigenvalue weighted by molar-refractivity contribution is -0.135. The standard InChI is InChI=1S/C10H17NO2/c1-9(2)6-4-7(9)10(3,12)8(5-6)11-13/h6-7,12-13H,4-5H2,1-3H3/t6-,7-,10+/m0/s1. The Morgan fingerprint density at radius 1 is 1.38 bits per heavy atom. The molecule has 2 bridgehead atoms. The monoisotopic (exact) mass is 183 g/mol. The Morgan fingerprint density at radius 3 is 2.38 bits per heavy atom. The van der Waals surface area contributed by atoms with Crippen molar-refractivity contribution in [3.8, 4) is 0 Å². The maximum absolute atomic E-state index is 10.2. The molecule has 3 rings (SSSR count). The summed E-state index contributed by atoms with van der Waals surface area (Å²) >= 11 is 0. The molecule has 13 heavy (non-hydrogen) atoms. The average molecular weight is 183 g/mol. The van der Waals surface area contributed by atoms with Crippen LogP contribution in [0.1, 0.15) is 33.6 Å². The van der Waals surface area contributed by atoms with Crippen LogP contribution in [-0.2, 0) is 0 Å². The van der Waals surface area contributed by atoms with Gasteiger partial charge in [0, 0.05) is 0 Å². The normalized spacial score (nSPS) is 50.3. The highest BCUT2D eigenvalue weighted by molar-refractivity contribution is 5.94. The Labute approximate surface area is 78.4 Å². The van der Waals surface area contributed by atoms with Crippen LogP contribution in [0.2, 0.25) is 0 Å². The third-order valence-corrected chi connectivity index (χ3v) is 4.29. The summed E-state index contributed by atoms with van der Waals surface area (Å²) in [7, 11) is 0. The third kappa shape index (κ3) is 0.909. The van der Waals surface area contributed by atoms with Crippen molar-refractivity contribution >= 4 is 5.71 Å². The third-order valence-electron chi connectivity index (χ3n) is 4.29. The summed E-state index contributed by atoms with van der Waals surface area (Å²) < 4.78 is 0. The van der Waals surface area contributed by atoms with Gasteiger partial charge in [-0.05, 0) is 37.0 Å². The van der Waals surface area contributed by atoms with Crippen LogP contribution in [0, 0.1) is 17.3 Å². The SMILES string of the molecule is CC1(C)[C@@H]2CC(=NO)[C@](C)(O)[C@H]1C2. The molecular formula is C10H17NO2. The van der Waals surface area contributed by atoms with Crippen LogP contribution in [-0.4, -0.2) is 21.6 Å². The van der Waals surface area contributed by atoms with Crippen LogP contribution < -0.4 is 0 Å². The number of rotatable bonds is 0. The van der Waals surface area contributed by atoms with Crippen LogP contribution in [0.3, 0.4) is 0 Å². The maximum Gasteiger partial charge on any atom is 0.106 e. The smallest absolute Gasteiger partial charge is 0.106 e. The number of nitrogens with zero attached hydrogens (tertiary/aromatic N) is 1. The van der Waals surface area contributed by atoms with Crippen molar-refractivity contribution < 1.29 is 10.3 Å². The number of hydrogen-bond acceptors (Lipinski definition) is 3. The summed E-state index contributed by atoms with van der Waals surface area (Å²) in [6.45, 7) is 6.15. The molecule has 0 aromatic rings. The van der Waals surface area contributed by atoms with Crippen molar-refractivity contribution in [2.24, 2.45) is 22.4 Å². The predicted molar refractivity (Wildman–Crippen MR) is 49.8 cm³/mol. The molecule has 3 aliphatic carbocycles. The molecule has 0 saturated heterocycles. The van der Waals surface area contributed by atoms with Gasteiger partial charge in [-0.15, -0.1) is 0 Å². The zero-order chi connectivity index (χ0) is 9.85. The van der Waals surface area contributed by atoms with E-state index in [4.69, 9.17) is 5.21 Å². The second kappa shape index (κ2) is 2.27. The fourth-order valence-electron chi connectivity index (χ4n) is 3.10. The number of fused-ring (bicyclic) bond motifs is 2. The van der Waals surface area contributed by atoms with Crippen LogP contribution >= 0.6 is 0 Å². The first-order valence-electron chi connectivity index (χ1n) is 4.84. The quantitative estimate of drug-likeness (QED) is 0.443. The fourth-order valence-corrected chi connectivity index (χ4v) is 3.10. The summed E-state index contributed by atoms with van der Waals surface area (Å²) in [5.41, 5.74) is -0.127. The van der Waals surface area contributed by atoms with E-state index in [0.717, 1.165) is 12.8 Å². The van der Waals surface area contributed by atoms with E-state index in [1.165, 1.54) is 0 Å². The number of aliphatic hydroxyl groups is 1. The highest BCUT2D eigenvalue weighted by Gasteiger charge is 2.61. The molecule has 0 radical (unpaired) electrons. The van der Waals surface area contributed by atoms with Gasteiger partial charge in [-0.25, -0.2) is 0 Å². The van der Waals surface area contributed by atoms with E-state index in [0.29, 0.717) is 11.6 Å². The summed E-state index contributed by atoms with van der Waals surface area (Å²) in [4.78, 5) is 0. The zero-order valence-electron chi connectivity index (χ0n) is 8.41. The van der Waals surface area contributed by atoms with E-state index in [2.05, 4.69) is 19.0 Å². The maximum atomic E-state index is 10.2. The largest absolute Gasteiger partial charge is 0.411 e. The van der Waals surface area contributed by atoms with E-state index in [1.54, 1.807) is 6.92 Å². The second-order valence-electron chi connectivity index (χ2n) is 5.20. The molecule has 0 heterocycles. The molecule has 3 atom stereocenters. The molecule has 74 valence electrons. The highest BCUT2D eigenvalue weighted by Crippen LogP contribution is 2.61. The van der Waals surface area contributed by atoms with Crippen molar-refractivity contribution in [1.82, 2.24) is 0 Å². The van der Waals surface area contributed by atoms with Crippen molar-refractivity contribution in [2.75, 3.05) is 0 Å². The summed E-state index contributed by atoms with van der Waals surface area (Å²) in [5, 5.41) is 22.2. The summed E-state index contributed by atoms with van der Waals surface area (Å²) in [5.74, 6) is 0.841. The highest BCUT2D eigenvalue weighted by atomic mass is 16.4. The minimum absolute atomic E-state index is 0.206. The van der Waals surface area contributed by atoms with Gasteiger partial charge in [0.25, 0.3) is 0 Å². The molecule has 3 saturated carbocycles. The molecule has 0 unspecified atom stereocenters. The van der Waals surface area contributed by atoms with E-state index in [1.807, 2.05) is 0 Å². The van der Waals surface area contributed by atoms with Gasteiger partial charge in [-0.2, -0.15) is 0 Å². The summed E-state index contributed by atoms with van der Waals surface area (Å²) in [6.07, 6.45) is 1.81. The fraction of sp³-hybridized carbons (Fsp3) is 0.900. The van der Waals surface area contributed by atoms with Crippen LogP contribution in [0.15, 0.2) is 5.16 Å². The van der Waals surface area contributed by atoms with Gasteiger partial charge >= 0.3 is 0 Å². The van der Waals surface area contributed by atoms with E-state index in [9.17, 15) is 5.11 Å². The molecular weight excluding hydrogens is 166 g/mol. The lowest BCUT2D eigenvalue weighted by Crippen LogP contribution is -2.64. The Hall–Kier alpha value is -0.570. The van der Waals surface area contributed by atoms with Gasteiger partial charge in [0.05, 0.1) is 5.71 Å². The van der Waals surface area contributed by atoms with Gasteiger partial charge in [0.2, 0.25) is 0 Å². The zero-order valence-corrected chi connectivity index (χ0v) is 8.41. The van der Waals surface area contributed by atoms with Gasteiger partial charge in [0.1, 0.15) is 5.60 Å². The summed E-state index contributed by atoms with van der Waals surface area (Å²) in [6, 6.07) is 0. The van der Waals surface area contributed by atoms with Crippen LogP contribution in [0.4, 0.5) is 0 Å². The van der Waals surface area contributed by atoms with Gasteiger partial charge in [0.15, 0.2) is 0 Å². The number of hydrogen-bond donors (Lipinski definition) is 2. The molecule has 0 aliphatic heterocycles. The predicted octanol–water partition coefficient (Wildman–Crippen LogP) is 1.63. The Balaban J connectivity index is 2.34. The molecule has 3 nitrogen and oxygen atoms in total. The van der Waals surface area contributed by atoms with Gasteiger partial charge in [-0.1, -0.05) is 19.0 Å². The van der Waals surface area contributed by atoms with Gasteiger partial charge < -0.3 is 10.3 Å². The van der Waals surface area contributed by atoms with Crippen molar-refractivity contribution in [1.29, 1.82) is 0 Å². The van der Waals surface area contributed by atoms with Crippen molar-refractivity contribution in [3.05, 3.63) is 0 Å². The molecule has 3 fully saturated rings. The van der Waals surface area contributed by atoms with Crippen molar-refractivity contribution in [3.63, 3.8) is 0 Å². The minimum Gasteiger partial charge on any atom is -0.411 e. The topological polar surface area (TPSA) is 52.8 Å². The molecule has 3 heteroatoms. The van der Waals surface area contributed by atoms with Gasteiger partial charge in [-0.3, -0.25) is 0 Å². The molecule has 0 amide bonds. The van der Waals surface area contributed by atoms with E-state index in [-0.39, 0.29) is 11.3 Å². The Morgan fingerprint density at radius 2 is 2.00 bits per heavy atom. The van der Waals surface area contributed by atoms with Crippen LogP contribution in [0.25, 0.3) is 0 Å². The average Bonchev–Trinajstić information content (AvgIpc) is 2.01. The Kier molecular flexibility index (Phi) is 1.57. The van der Waals surface area contributed by atoms with E-state index < -0.39 is 5.60 Å². The molecule has 2 N–H and O–H groups in total. The minimum atomic E-state index is -0.896. The molecule has 0 spiro atoms. The van der Waals surface area contributed by atoms with Crippen molar-refractivity contribution in [2.45, 2.75) is 39.2 Å². The first kappa shape index (κ1) is 9.00. The lowest BCUT2D eigenvalue weighted by atomic mass is 9.44. The Bertz CT molecular complexity index is 268. The molecule has 0 aromatic heterocycles. The first-order valence-corrected chi connectivity index (χ1v) is 4.84. The van der Waals surface area contributed by atoms with E-state index >= 15 is 0 Å². The molecule has 3 aliphatic rings. The van der Waals surface area contributed by atoms with Crippen LogP contribution in [0.5, 0.6) is 0 Å². The molecule has 0 aromatic carbocycles. The first-order chi connectivity index (χ1) is 5.90. The second-order valence-corrected chi connectivity index (χ2v) is 5.20. The number of oxime groups is 1.